The molecule has 1 fully saturated rings. The van der Waals surface area contributed by atoms with E-state index in [-0.39, 0.29) is 12.0 Å². The Morgan fingerprint density at radius 3 is 2.91 bits per heavy atom. The Labute approximate surface area is 140 Å². The highest BCUT2D eigenvalue weighted by Crippen LogP contribution is 2.17. The lowest BCUT2D eigenvalue weighted by Gasteiger charge is -2.12. The Balaban J connectivity index is 1.52. The molecule has 3 rings (SSSR count). The van der Waals surface area contributed by atoms with Gasteiger partial charge < -0.3 is 10.4 Å². The largest absolute Gasteiger partial charge is 0.392 e. The maximum absolute atomic E-state index is 12.1. The highest BCUT2D eigenvalue weighted by molar-refractivity contribution is 7.09. The predicted molar refractivity (Wildman–Crippen MR) is 91.5 cm³/mol. The Morgan fingerprint density at radius 1 is 1.43 bits per heavy atom. The number of aromatic nitrogens is 1. The number of carbonyl (C=O) groups is 1. The van der Waals surface area contributed by atoms with Gasteiger partial charge in [-0.15, -0.1) is 11.3 Å². The second-order valence-electron chi connectivity index (χ2n) is 6.00. The normalized spacial score (nSPS) is 18.3. The SMILES string of the molecule is Cc1ccc(NC(=O)Cc2nc(CN3CC[C@H](O)C3)cs2)cc1. The minimum atomic E-state index is -0.214. The Hall–Kier alpha value is -1.76. The van der Waals surface area contributed by atoms with Crippen molar-refractivity contribution < 1.29 is 9.90 Å². The molecule has 1 aliphatic heterocycles. The smallest absolute Gasteiger partial charge is 0.231 e. The highest BCUT2D eigenvalue weighted by atomic mass is 32.1. The molecule has 0 radical (unpaired) electrons. The van der Waals surface area contributed by atoms with Crippen molar-refractivity contribution >= 4 is 22.9 Å². The molecule has 1 aliphatic rings. The van der Waals surface area contributed by atoms with E-state index in [0.29, 0.717) is 13.0 Å². The third-order valence-electron chi connectivity index (χ3n) is 3.88. The third kappa shape index (κ3) is 4.60. The topological polar surface area (TPSA) is 65.5 Å². The summed E-state index contributed by atoms with van der Waals surface area (Å²) in [7, 11) is 0. The number of carbonyl (C=O) groups excluding carboxylic acids is 1. The van der Waals surface area contributed by atoms with Crippen LogP contribution >= 0.6 is 11.3 Å². The lowest BCUT2D eigenvalue weighted by molar-refractivity contribution is -0.115. The van der Waals surface area contributed by atoms with Crippen molar-refractivity contribution in [1.82, 2.24) is 9.88 Å². The summed E-state index contributed by atoms with van der Waals surface area (Å²) in [6.07, 6.45) is 0.908. The molecule has 1 saturated heterocycles. The second-order valence-corrected chi connectivity index (χ2v) is 6.94. The Kier molecular flexibility index (Phi) is 5.05. The van der Waals surface area contributed by atoms with Gasteiger partial charge in [0.1, 0.15) is 5.01 Å². The summed E-state index contributed by atoms with van der Waals surface area (Å²) in [5.74, 6) is -0.0497. The molecule has 0 bridgehead atoms. The molecule has 0 aliphatic carbocycles. The summed E-state index contributed by atoms with van der Waals surface area (Å²) in [5.41, 5.74) is 2.95. The van der Waals surface area contributed by atoms with E-state index >= 15 is 0 Å². The quantitative estimate of drug-likeness (QED) is 0.881. The number of nitrogens with zero attached hydrogens (tertiary/aromatic N) is 2. The number of anilines is 1. The van der Waals surface area contributed by atoms with Gasteiger partial charge in [-0.25, -0.2) is 4.98 Å². The monoisotopic (exact) mass is 331 g/mol. The highest BCUT2D eigenvalue weighted by Gasteiger charge is 2.21. The van der Waals surface area contributed by atoms with Crippen LogP contribution in [0.3, 0.4) is 0 Å². The van der Waals surface area contributed by atoms with Crippen LogP contribution in [0.25, 0.3) is 0 Å². The molecule has 6 heteroatoms. The Morgan fingerprint density at radius 2 is 2.22 bits per heavy atom. The second kappa shape index (κ2) is 7.21. The third-order valence-corrected chi connectivity index (χ3v) is 4.78. The van der Waals surface area contributed by atoms with Crippen LogP contribution in [-0.2, 0) is 17.8 Å². The number of hydrogen-bond donors (Lipinski definition) is 2. The molecule has 23 heavy (non-hydrogen) atoms. The molecule has 0 unspecified atom stereocenters. The fourth-order valence-electron chi connectivity index (χ4n) is 2.67. The summed E-state index contributed by atoms with van der Waals surface area (Å²) in [5, 5.41) is 15.3. The van der Waals surface area contributed by atoms with Gasteiger partial charge in [-0.1, -0.05) is 17.7 Å². The van der Waals surface area contributed by atoms with E-state index in [1.165, 1.54) is 16.9 Å². The maximum Gasteiger partial charge on any atom is 0.231 e. The first-order valence-corrected chi connectivity index (χ1v) is 8.66. The van der Waals surface area contributed by atoms with Crippen LogP contribution in [-0.4, -0.2) is 40.1 Å². The molecule has 0 spiro atoms. The predicted octanol–water partition coefficient (Wildman–Crippen LogP) is 2.20. The van der Waals surface area contributed by atoms with Gasteiger partial charge in [0.05, 0.1) is 18.2 Å². The average Bonchev–Trinajstić information content (AvgIpc) is 3.11. The maximum atomic E-state index is 12.1. The first-order chi connectivity index (χ1) is 11.1. The van der Waals surface area contributed by atoms with Crippen LogP contribution in [0, 0.1) is 6.92 Å². The van der Waals surface area contributed by atoms with Crippen LogP contribution < -0.4 is 5.32 Å². The molecule has 1 atom stereocenters. The van der Waals surface area contributed by atoms with Crippen molar-refractivity contribution in [3.8, 4) is 0 Å². The minimum Gasteiger partial charge on any atom is -0.392 e. The number of thiazole rings is 1. The number of nitrogens with one attached hydrogen (secondary N) is 1. The molecule has 122 valence electrons. The number of aliphatic hydroxyl groups excluding tert-OH is 1. The summed E-state index contributed by atoms with van der Waals surface area (Å²) in [6, 6.07) is 7.75. The minimum absolute atomic E-state index is 0.0497. The van der Waals surface area contributed by atoms with Gasteiger partial charge >= 0.3 is 0 Å². The number of β-amino-alcohol motifs (C(OH)–C–C–N with tert-alkyl or cyclic N) is 1. The first-order valence-electron chi connectivity index (χ1n) is 7.79. The van der Waals surface area contributed by atoms with Crippen molar-refractivity contribution in [2.75, 3.05) is 18.4 Å². The van der Waals surface area contributed by atoms with E-state index < -0.39 is 0 Å². The molecule has 1 aromatic heterocycles. The van der Waals surface area contributed by atoms with Crippen molar-refractivity contribution in [3.05, 3.63) is 45.9 Å². The van der Waals surface area contributed by atoms with Crippen LogP contribution in [0.15, 0.2) is 29.6 Å². The number of benzene rings is 1. The summed E-state index contributed by atoms with van der Waals surface area (Å²) < 4.78 is 0. The number of aliphatic hydroxyl groups is 1. The lowest BCUT2D eigenvalue weighted by atomic mass is 10.2. The van der Waals surface area contributed by atoms with Crippen LogP contribution in [0.4, 0.5) is 5.69 Å². The van der Waals surface area contributed by atoms with E-state index in [2.05, 4.69) is 15.2 Å². The van der Waals surface area contributed by atoms with Gasteiger partial charge in [-0.05, 0) is 25.5 Å². The average molecular weight is 331 g/mol. The number of amides is 1. The summed E-state index contributed by atoms with van der Waals surface area (Å²) in [6.45, 7) is 4.37. The number of likely N-dealkylation sites (tertiary alicyclic amines) is 1. The van der Waals surface area contributed by atoms with E-state index in [4.69, 9.17) is 0 Å². The zero-order valence-electron chi connectivity index (χ0n) is 13.2. The fourth-order valence-corrected chi connectivity index (χ4v) is 3.45. The lowest BCUT2D eigenvalue weighted by Crippen LogP contribution is -2.21. The molecule has 2 N–H and O–H groups in total. The number of rotatable bonds is 5. The molecular weight excluding hydrogens is 310 g/mol. The molecule has 2 aromatic rings. The number of hydrogen-bond acceptors (Lipinski definition) is 5. The van der Waals surface area contributed by atoms with Gasteiger partial charge in [0, 0.05) is 30.7 Å². The van der Waals surface area contributed by atoms with E-state index in [1.54, 1.807) is 0 Å². The van der Waals surface area contributed by atoms with Gasteiger partial charge in [-0.3, -0.25) is 9.69 Å². The molecule has 1 amide bonds. The van der Waals surface area contributed by atoms with Crippen LogP contribution in [0.2, 0.25) is 0 Å². The molecular formula is C17H21N3O2S. The van der Waals surface area contributed by atoms with E-state index in [0.717, 1.165) is 35.9 Å². The first kappa shape index (κ1) is 16.1. The zero-order chi connectivity index (χ0) is 16.2. The van der Waals surface area contributed by atoms with E-state index in [1.807, 2.05) is 36.6 Å². The zero-order valence-corrected chi connectivity index (χ0v) is 14.0. The molecule has 2 heterocycles. The van der Waals surface area contributed by atoms with Gasteiger partial charge in [0.15, 0.2) is 0 Å². The van der Waals surface area contributed by atoms with Gasteiger partial charge in [0.25, 0.3) is 0 Å². The molecule has 5 nitrogen and oxygen atoms in total. The van der Waals surface area contributed by atoms with Crippen LogP contribution in [0.1, 0.15) is 22.7 Å². The van der Waals surface area contributed by atoms with E-state index in [9.17, 15) is 9.90 Å². The van der Waals surface area contributed by atoms with Crippen molar-refractivity contribution in [2.45, 2.75) is 32.4 Å². The van der Waals surface area contributed by atoms with Crippen molar-refractivity contribution in [3.63, 3.8) is 0 Å². The van der Waals surface area contributed by atoms with Crippen LogP contribution in [0.5, 0.6) is 0 Å². The van der Waals surface area contributed by atoms with Gasteiger partial charge in [0.2, 0.25) is 5.91 Å². The summed E-state index contributed by atoms with van der Waals surface area (Å²) in [4.78, 5) is 18.8. The van der Waals surface area contributed by atoms with Gasteiger partial charge in [-0.2, -0.15) is 0 Å². The molecule has 1 aromatic carbocycles. The summed E-state index contributed by atoms with van der Waals surface area (Å²) >= 11 is 1.51. The standard InChI is InChI=1S/C17H21N3O2S/c1-12-2-4-13(5-3-12)18-16(22)8-17-19-14(11-23-17)9-20-7-6-15(21)10-20/h2-5,11,15,21H,6-10H2,1H3,(H,18,22)/t15-/m0/s1. The molecule has 0 saturated carbocycles. The van der Waals surface area contributed by atoms with Crippen molar-refractivity contribution in [1.29, 1.82) is 0 Å². The Bertz CT molecular complexity index is 669. The van der Waals surface area contributed by atoms with Crippen molar-refractivity contribution in [2.24, 2.45) is 0 Å². The fraction of sp³-hybridized carbons (Fsp3) is 0.412. The number of aryl methyl sites for hydroxylation is 1.